The standard InChI is InChI=1S/C13H21N3O3S/c1-15-20(18,19)13-6-5-10(7-11(13)14)16-8-9-3-2-4-12(9)17/h5-7,9,12,15-17H,2-4,8,14H2,1H3. The summed E-state index contributed by atoms with van der Waals surface area (Å²) in [7, 11) is -2.18. The van der Waals surface area contributed by atoms with E-state index in [1.807, 2.05) is 0 Å². The van der Waals surface area contributed by atoms with Crippen LogP contribution < -0.4 is 15.8 Å². The van der Waals surface area contributed by atoms with E-state index in [2.05, 4.69) is 10.0 Å². The molecule has 0 spiro atoms. The predicted octanol–water partition coefficient (Wildman–Crippen LogP) is 0.750. The van der Waals surface area contributed by atoms with E-state index in [0.717, 1.165) is 24.9 Å². The van der Waals surface area contributed by atoms with Crippen molar-refractivity contribution in [3.8, 4) is 0 Å². The first-order chi connectivity index (χ1) is 9.44. The molecule has 1 saturated carbocycles. The summed E-state index contributed by atoms with van der Waals surface area (Å²) in [6.07, 6.45) is 2.67. The molecule has 1 aliphatic carbocycles. The maximum absolute atomic E-state index is 11.7. The lowest BCUT2D eigenvalue weighted by molar-refractivity contribution is 0.138. The van der Waals surface area contributed by atoms with Gasteiger partial charge in [0.05, 0.1) is 11.8 Å². The molecular weight excluding hydrogens is 278 g/mol. The van der Waals surface area contributed by atoms with E-state index >= 15 is 0 Å². The summed E-state index contributed by atoms with van der Waals surface area (Å²) in [4.78, 5) is 0.0754. The molecule has 2 unspecified atom stereocenters. The highest BCUT2D eigenvalue weighted by atomic mass is 32.2. The molecule has 0 heterocycles. The Labute approximate surface area is 119 Å². The fourth-order valence-corrected chi connectivity index (χ4v) is 3.35. The van der Waals surface area contributed by atoms with Crippen molar-refractivity contribution in [3.05, 3.63) is 18.2 Å². The Balaban J connectivity index is 2.06. The molecule has 112 valence electrons. The van der Waals surface area contributed by atoms with E-state index < -0.39 is 10.0 Å². The Kier molecular flexibility index (Phi) is 4.52. The van der Waals surface area contributed by atoms with Crippen molar-refractivity contribution in [2.24, 2.45) is 5.92 Å². The molecule has 0 radical (unpaired) electrons. The van der Waals surface area contributed by atoms with E-state index in [1.54, 1.807) is 12.1 Å². The van der Waals surface area contributed by atoms with Crippen molar-refractivity contribution < 1.29 is 13.5 Å². The summed E-state index contributed by atoms with van der Waals surface area (Å²) in [5.41, 5.74) is 6.75. The smallest absolute Gasteiger partial charge is 0.242 e. The molecule has 1 fully saturated rings. The molecule has 0 saturated heterocycles. The number of nitrogen functional groups attached to an aromatic ring is 1. The number of anilines is 2. The third-order valence-electron chi connectivity index (χ3n) is 3.76. The van der Waals surface area contributed by atoms with Gasteiger partial charge in [-0.1, -0.05) is 6.42 Å². The minimum absolute atomic E-state index is 0.0754. The van der Waals surface area contributed by atoms with E-state index in [4.69, 9.17) is 5.73 Å². The third kappa shape index (κ3) is 3.23. The van der Waals surface area contributed by atoms with Gasteiger partial charge in [-0.2, -0.15) is 0 Å². The summed E-state index contributed by atoms with van der Waals surface area (Å²) < 4.78 is 25.6. The van der Waals surface area contributed by atoms with Crippen molar-refractivity contribution in [1.82, 2.24) is 4.72 Å². The van der Waals surface area contributed by atoms with Crippen LogP contribution in [0.2, 0.25) is 0 Å². The second-order valence-corrected chi connectivity index (χ2v) is 6.95. The van der Waals surface area contributed by atoms with Crippen LogP contribution in [-0.4, -0.2) is 33.2 Å². The van der Waals surface area contributed by atoms with Crippen LogP contribution in [0.25, 0.3) is 0 Å². The number of nitrogens with two attached hydrogens (primary N) is 1. The van der Waals surface area contributed by atoms with Gasteiger partial charge in [-0.05, 0) is 38.1 Å². The number of aliphatic hydroxyl groups excluding tert-OH is 1. The number of rotatable bonds is 5. The first-order valence-electron chi connectivity index (χ1n) is 6.69. The maximum Gasteiger partial charge on any atom is 0.242 e. The number of aliphatic hydroxyl groups is 1. The van der Waals surface area contributed by atoms with Crippen molar-refractivity contribution in [1.29, 1.82) is 0 Å². The zero-order valence-electron chi connectivity index (χ0n) is 11.5. The van der Waals surface area contributed by atoms with Crippen LogP contribution in [0.4, 0.5) is 11.4 Å². The lowest BCUT2D eigenvalue weighted by atomic mass is 10.1. The summed E-state index contributed by atoms with van der Waals surface area (Å²) in [6, 6.07) is 4.77. The third-order valence-corrected chi connectivity index (χ3v) is 5.24. The predicted molar refractivity (Wildman–Crippen MR) is 78.9 cm³/mol. The summed E-state index contributed by atoms with van der Waals surface area (Å²) in [5.74, 6) is 0.247. The molecule has 1 aromatic rings. The van der Waals surface area contributed by atoms with Gasteiger partial charge in [0.2, 0.25) is 10.0 Å². The fourth-order valence-electron chi connectivity index (χ4n) is 2.52. The van der Waals surface area contributed by atoms with Crippen LogP contribution in [0.3, 0.4) is 0 Å². The molecule has 5 N–H and O–H groups in total. The Morgan fingerprint density at radius 2 is 2.15 bits per heavy atom. The van der Waals surface area contributed by atoms with Gasteiger partial charge in [0.15, 0.2) is 0 Å². The SMILES string of the molecule is CNS(=O)(=O)c1ccc(NCC2CCCC2O)cc1N. The van der Waals surface area contributed by atoms with Crippen molar-refractivity contribution in [3.63, 3.8) is 0 Å². The summed E-state index contributed by atoms with van der Waals surface area (Å²) in [6.45, 7) is 0.665. The Hall–Kier alpha value is -1.31. The second-order valence-electron chi connectivity index (χ2n) is 5.10. The summed E-state index contributed by atoms with van der Waals surface area (Å²) in [5, 5.41) is 13.0. The highest BCUT2D eigenvalue weighted by molar-refractivity contribution is 7.89. The first kappa shape index (κ1) is 15.1. The highest BCUT2D eigenvalue weighted by Gasteiger charge is 2.24. The second kappa shape index (κ2) is 5.99. The maximum atomic E-state index is 11.7. The minimum Gasteiger partial charge on any atom is -0.398 e. The largest absolute Gasteiger partial charge is 0.398 e. The summed E-state index contributed by atoms with van der Waals surface area (Å²) >= 11 is 0. The molecule has 0 aliphatic heterocycles. The van der Waals surface area contributed by atoms with Gasteiger partial charge >= 0.3 is 0 Å². The van der Waals surface area contributed by atoms with E-state index in [1.165, 1.54) is 13.1 Å². The number of hydrogen-bond acceptors (Lipinski definition) is 5. The topological polar surface area (TPSA) is 104 Å². The highest BCUT2D eigenvalue weighted by Crippen LogP contribution is 2.27. The molecular formula is C13H21N3O3S. The lowest BCUT2D eigenvalue weighted by Crippen LogP contribution is -2.22. The number of hydrogen-bond donors (Lipinski definition) is 4. The van der Waals surface area contributed by atoms with E-state index in [9.17, 15) is 13.5 Å². The average molecular weight is 299 g/mol. The zero-order chi connectivity index (χ0) is 14.8. The van der Waals surface area contributed by atoms with Crippen molar-refractivity contribution in [2.75, 3.05) is 24.6 Å². The van der Waals surface area contributed by atoms with Crippen LogP contribution in [-0.2, 0) is 10.0 Å². The van der Waals surface area contributed by atoms with Gasteiger partial charge in [-0.25, -0.2) is 13.1 Å². The average Bonchev–Trinajstić information content (AvgIpc) is 2.81. The first-order valence-corrected chi connectivity index (χ1v) is 8.17. The van der Waals surface area contributed by atoms with Crippen LogP contribution in [0.1, 0.15) is 19.3 Å². The molecule has 0 amide bonds. The number of nitrogens with one attached hydrogen (secondary N) is 2. The molecule has 20 heavy (non-hydrogen) atoms. The van der Waals surface area contributed by atoms with Crippen molar-refractivity contribution in [2.45, 2.75) is 30.3 Å². The van der Waals surface area contributed by atoms with Crippen LogP contribution in [0.15, 0.2) is 23.1 Å². The van der Waals surface area contributed by atoms with E-state index in [0.29, 0.717) is 6.54 Å². The van der Waals surface area contributed by atoms with Crippen molar-refractivity contribution >= 4 is 21.4 Å². The van der Waals surface area contributed by atoms with Gasteiger partial charge in [0, 0.05) is 18.2 Å². The Morgan fingerprint density at radius 1 is 1.40 bits per heavy atom. The van der Waals surface area contributed by atoms with Crippen LogP contribution >= 0.6 is 0 Å². The van der Waals surface area contributed by atoms with Gasteiger partial charge in [-0.3, -0.25) is 0 Å². The quantitative estimate of drug-likeness (QED) is 0.601. The Bertz CT molecular complexity index is 574. The lowest BCUT2D eigenvalue weighted by Gasteiger charge is -2.16. The minimum atomic E-state index is -3.53. The molecule has 6 nitrogen and oxygen atoms in total. The van der Waals surface area contributed by atoms with Crippen LogP contribution in [0.5, 0.6) is 0 Å². The molecule has 7 heteroatoms. The van der Waals surface area contributed by atoms with Gasteiger partial charge in [0.25, 0.3) is 0 Å². The van der Waals surface area contributed by atoms with E-state index in [-0.39, 0.29) is 22.6 Å². The molecule has 2 atom stereocenters. The Morgan fingerprint density at radius 3 is 2.70 bits per heavy atom. The monoisotopic (exact) mass is 299 g/mol. The van der Waals surface area contributed by atoms with Gasteiger partial charge in [-0.15, -0.1) is 0 Å². The van der Waals surface area contributed by atoms with Crippen LogP contribution in [0, 0.1) is 5.92 Å². The van der Waals surface area contributed by atoms with Gasteiger partial charge < -0.3 is 16.2 Å². The number of benzene rings is 1. The zero-order valence-corrected chi connectivity index (χ0v) is 12.3. The normalized spacial score (nSPS) is 22.9. The molecule has 1 aliphatic rings. The number of sulfonamides is 1. The fraction of sp³-hybridized carbons (Fsp3) is 0.538. The molecule has 1 aromatic carbocycles. The molecule has 2 rings (SSSR count). The molecule has 0 bridgehead atoms. The molecule has 0 aromatic heterocycles. The van der Waals surface area contributed by atoms with Gasteiger partial charge in [0.1, 0.15) is 4.90 Å².